The molecule has 8 heteroatoms. The highest BCUT2D eigenvalue weighted by molar-refractivity contribution is 9.10. The number of carboxylic acid groups (broad SMARTS) is 1. The van der Waals surface area contributed by atoms with Crippen LogP contribution in [-0.2, 0) is 9.53 Å². The maximum Gasteiger partial charge on any atom is 0.331 e. The molecule has 1 aliphatic rings. The lowest BCUT2D eigenvalue weighted by Crippen LogP contribution is -2.55. The zero-order valence-electron chi connectivity index (χ0n) is 12.0. The van der Waals surface area contributed by atoms with Gasteiger partial charge in [-0.1, -0.05) is 30.3 Å². The fourth-order valence-electron chi connectivity index (χ4n) is 2.43. The van der Waals surface area contributed by atoms with Crippen LogP contribution in [0.1, 0.15) is 16.9 Å². The van der Waals surface area contributed by atoms with Crippen LogP contribution in [0, 0.1) is 0 Å². The minimum Gasteiger partial charge on any atom is -0.479 e. The Morgan fingerprint density at radius 3 is 2.70 bits per heavy atom. The Balaban J connectivity index is 1.86. The molecule has 0 bridgehead atoms. The zero-order chi connectivity index (χ0) is 16.4. The van der Waals surface area contributed by atoms with Crippen LogP contribution in [0.4, 0.5) is 0 Å². The second kappa shape index (κ2) is 6.13. The summed E-state index contributed by atoms with van der Waals surface area (Å²) in [7, 11) is 0. The Labute approximate surface area is 140 Å². The van der Waals surface area contributed by atoms with E-state index in [9.17, 15) is 14.7 Å². The summed E-state index contributed by atoms with van der Waals surface area (Å²) in [6.45, 7) is 0.247. The molecule has 3 rings (SSSR count). The van der Waals surface area contributed by atoms with Crippen LogP contribution in [0.3, 0.4) is 0 Å². The third kappa shape index (κ3) is 2.87. The Kier molecular flexibility index (Phi) is 4.18. The van der Waals surface area contributed by atoms with Crippen molar-refractivity contribution in [2.75, 3.05) is 13.2 Å². The highest BCUT2D eigenvalue weighted by Gasteiger charge is 2.44. The van der Waals surface area contributed by atoms with Gasteiger partial charge in [-0.05, 0) is 15.9 Å². The van der Waals surface area contributed by atoms with Crippen molar-refractivity contribution in [3.8, 4) is 11.3 Å². The summed E-state index contributed by atoms with van der Waals surface area (Å²) < 4.78 is 5.62. The number of carboxylic acids is 1. The summed E-state index contributed by atoms with van der Waals surface area (Å²) in [6, 6.07) is 9.35. The number of halogens is 1. The molecular formula is C15H14BrN3O4. The molecule has 23 heavy (non-hydrogen) atoms. The number of rotatable bonds is 4. The van der Waals surface area contributed by atoms with Crippen molar-refractivity contribution >= 4 is 27.8 Å². The molecular weight excluding hydrogens is 366 g/mol. The second-order valence-electron chi connectivity index (χ2n) is 5.27. The van der Waals surface area contributed by atoms with Gasteiger partial charge in [0.2, 0.25) is 0 Å². The largest absolute Gasteiger partial charge is 0.479 e. The summed E-state index contributed by atoms with van der Waals surface area (Å²) >= 11 is 3.36. The lowest BCUT2D eigenvalue weighted by atomic mass is 9.99. The van der Waals surface area contributed by atoms with E-state index in [1.54, 1.807) is 0 Å². The normalized spacial score (nSPS) is 20.4. The molecule has 1 aromatic carbocycles. The lowest BCUT2D eigenvalue weighted by Gasteiger charge is -2.23. The van der Waals surface area contributed by atoms with Gasteiger partial charge in [-0.2, -0.15) is 5.10 Å². The van der Waals surface area contributed by atoms with Crippen molar-refractivity contribution < 1.29 is 19.4 Å². The van der Waals surface area contributed by atoms with E-state index in [2.05, 4.69) is 31.4 Å². The van der Waals surface area contributed by atoms with Gasteiger partial charge in [0.05, 0.1) is 11.1 Å². The first-order chi connectivity index (χ1) is 11.0. The van der Waals surface area contributed by atoms with Crippen LogP contribution in [0.2, 0.25) is 0 Å². The lowest BCUT2D eigenvalue weighted by molar-refractivity contribution is -0.144. The first-order valence-corrected chi connectivity index (χ1v) is 7.76. The van der Waals surface area contributed by atoms with Gasteiger partial charge < -0.3 is 15.2 Å². The van der Waals surface area contributed by atoms with Crippen molar-refractivity contribution in [1.29, 1.82) is 0 Å². The Morgan fingerprint density at radius 2 is 2.09 bits per heavy atom. The number of benzene rings is 1. The number of aromatic amines is 1. The van der Waals surface area contributed by atoms with Gasteiger partial charge in [0.1, 0.15) is 11.4 Å². The van der Waals surface area contributed by atoms with E-state index in [1.807, 2.05) is 30.3 Å². The molecule has 2 heterocycles. The fraction of sp³-hybridized carbons (Fsp3) is 0.267. The number of nitrogens with one attached hydrogen (secondary N) is 2. The number of carbonyl (C=O) groups excluding carboxylic acids is 1. The van der Waals surface area contributed by atoms with Crippen LogP contribution >= 0.6 is 15.9 Å². The Hall–Kier alpha value is -2.19. The number of H-pyrrole nitrogens is 1. The van der Waals surface area contributed by atoms with Gasteiger partial charge in [-0.15, -0.1) is 0 Å². The van der Waals surface area contributed by atoms with E-state index in [0.717, 1.165) is 5.56 Å². The molecule has 1 unspecified atom stereocenters. The number of amides is 1. The van der Waals surface area contributed by atoms with Crippen molar-refractivity contribution in [3.05, 3.63) is 40.5 Å². The predicted octanol–water partition coefficient (Wildman–Crippen LogP) is 1.81. The summed E-state index contributed by atoms with van der Waals surface area (Å²) in [5, 5.41) is 18.7. The molecule has 1 aromatic heterocycles. The van der Waals surface area contributed by atoms with Crippen molar-refractivity contribution in [2.45, 2.75) is 12.0 Å². The van der Waals surface area contributed by atoms with E-state index < -0.39 is 17.4 Å². The number of aromatic nitrogens is 2. The Morgan fingerprint density at radius 1 is 1.35 bits per heavy atom. The van der Waals surface area contributed by atoms with Gasteiger partial charge >= 0.3 is 5.97 Å². The first-order valence-electron chi connectivity index (χ1n) is 6.96. The molecule has 0 saturated carbocycles. The van der Waals surface area contributed by atoms with Crippen molar-refractivity contribution in [3.63, 3.8) is 0 Å². The monoisotopic (exact) mass is 379 g/mol. The molecule has 0 aliphatic carbocycles. The van der Waals surface area contributed by atoms with Gasteiger partial charge in [-0.3, -0.25) is 9.89 Å². The maximum absolute atomic E-state index is 12.4. The van der Waals surface area contributed by atoms with E-state index in [-0.39, 0.29) is 18.7 Å². The molecule has 3 N–H and O–H groups in total. The minimum atomic E-state index is -1.39. The number of hydrogen-bond donors (Lipinski definition) is 3. The van der Waals surface area contributed by atoms with Crippen LogP contribution < -0.4 is 5.32 Å². The maximum atomic E-state index is 12.4. The molecule has 7 nitrogen and oxygen atoms in total. The van der Waals surface area contributed by atoms with Gasteiger partial charge in [0, 0.05) is 18.6 Å². The molecule has 1 atom stereocenters. The number of nitrogens with zero attached hydrogens (tertiary/aromatic N) is 1. The van der Waals surface area contributed by atoms with E-state index in [1.165, 1.54) is 0 Å². The number of hydrogen-bond acceptors (Lipinski definition) is 4. The van der Waals surface area contributed by atoms with Gasteiger partial charge in [0.25, 0.3) is 5.91 Å². The number of ether oxygens (including phenoxy) is 1. The fourth-order valence-corrected chi connectivity index (χ4v) is 3.02. The smallest absolute Gasteiger partial charge is 0.331 e. The number of carbonyl (C=O) groups is 2. The summed E-state index contributed by atoms with van der Waals surface area (Å²) in [6.07, 6.45) is 0.228. The standard InChI is InChI=1S/C15H14BrN3O4/c16-10-11(9-4-2-1-3-5-9)18-19-12(10)13(20)17-15(14(21)22)6-7-23-8-15/h1-5H,6-8H2,(H,17,20)(H,18,19)(H,21,22). The van der Waals surface area contributed by atoms with Gasteiger partial charge in [-0.25, -0.2) is 4.79 Å². The van der Waals surface area contributed by atoms with E-state index in [4.69, 9.17) is 4.74 Å². The van der Waals surface area contributed by atoms with Crippen LogP contribution in [0.15, 0.2) is 34.8 Å². The van der Waals surface area contributed by atoms with Crippen molar-refractivity contribution in [2.24, 2.45) is 0 Å². The molecule has 1 saturated heterocycles. The first kappa shape index (κ1) is 15.7. The van der Waals surface area contributed by atoms with E-state index >= 15 is 0 Å². The topological polar surface area (TPSA) is 104 Å². The summed E-state index contributed by atoms with van der Waals surface area (Å²) in [5.41, 5.74) is 0.208. The third-order valence-corrected chi connectivity index (χ3v) is 4.54. The third-order valence-electron chi connectivity index (χ3n) is 3.77. The second-order valence-corrected chi connectivity index (χ2v) is 6.06. The number of aliphatic carboxylic acids is 1. The molecule has 1 aliphatic heterocycles. The highest BCUT2D eigenvalue weighted by Crippen LogP contribution is 2.29. The van der Waals surface area contributed by atoms with Crippen LogP contribution in [0.25, 0.3) is 11.3 Å². The summed E-state index contributed by atoms with van der Waals surface area (Å²) in [4.78, 5) is 23.9. The zero-order valence-corrected chi connectivity index (χ0v) is 13.6. The van der Waals surface area contributed by atoms with Crippen LogP contribution in [-0.4, -0.2) is 45.9 Å². The average Bonchev–Trinajstić information content (AvgIpc) is 3.16. The van der Waals surface area contributed by atoms with Gasteiger partial charge in [0.15, 0.2) is 5.54 Å². The van der Waals surface area contributed by atoms with E-state index in [0.29, 0.717) is 16.8 Å². The average molecular weight is 380 g/mol. The Bertz CT molecular complexity index is 738. The predicted molar refractivity (Wildman–Crippen MR) is 85.0 cm³/mol. The highest BCUT2D eigenvalue weighted by atomic mass is 79.9. The molecule has 2 aromatic rings. The van der Waals surface area contributed by atoms with Crippen LogP contribution in [0.5, 0.6) is 0 Å². The molecule has 0 spiro atoms. The SMILES string of the molecule is O=C(NC1(C(=O)O)CCOC1)c1[nH]nc(-c2ccccc2)c1Br. The molecule has 120 valence electrons. The molecule has 1 amide bonds. The quantitative estimate of drug-likeness (QED) is 0.751. The summed E-state index contributed by atoms with van der Waals surface area (Å²) in [5.74, 6) is -1.65. The molecule has 1 fully saturated rings. The van der Waals surface area contributed by atoms with Crippen molar-refractivity contribution in [1.82, 2.24) is 15.5 Å². The molecule has 0 radical (unpaired) electrons. The minimum absolute atomic E-state index is 0.0502.